The molecule has 0 spiro atoms. The van der Waals surface area contributed by atoms with Gasteiger partial charge >= 0.3 is 6.03 Å². The lowest BCUT2D eigenvalue weighted by atomic mass is 9.96. The number of pyridine rings is 1. The highest BCUT2D eigenvalue weighted by atomic mass is 16.2. The van der Waals surface area contributed by atoms with Gasteiger partial charge in [0.1, 0.15) is 11.9 Å². The minimum absolute atomic E-state index is 0.0777. The average Bonchev–Trinajstić information content (AvgIpc) is 2.70. The third kappa shape index (κ3) is 5.84. The molecule has 2 aliphatic rings. The zero-order valence-electron chi connectivity index (χ0n) is 16.9. The van der Waals surface area contributed by atoms with Crippen LogP contribution in [0.15, 0.2) is 24.4 Å². The highest BCUT2D eigenvalue weighted by Gasteiger charge is 2.25. The second-order valence-electron chi connectivity index (χ2n) is 7.88. The van der Waals surface area contributed by atoms with Crippen molar-refractivity contribution in [1.29, 1.82) is 0 Å². The summed E-state index contributed by atoms with van der Waals surface area (Å²) < 4.78 is 0. The molecule has 3 amide bonds. The molecule has 0 bridgehead atoms. The molecule has 0 radical (unpaired) electrons. The molecule has 1 aliphatic heterocycles. The molecular formula is C21H33N5O2. The van der Waals surface area contributed by atoms with Gasteiger partial charge in [0, 0.05) is 38.4 Å². The van der Waals surface area contributed by atoms with Gasteiger partial charge in [-0.15, -0.1) is 0 Å². The fraction of sp³-hybridized carbons (Fsp3) is 0.667. The molecule has 0 aromatic carbocycles. The van der Waals surface area contributed by atoms with Crippen molar-refractivity contribution in [2.24, 2.45) is 0 Å². The summed E-state index contributed by atoms with van der Waals surface area (Å²) in [5, 5.41) is 6.00. The zero-order chi connectivity index (χ0) is 19.8. The minimum Gasteiger partial charge on any atom is -0.353 e. The Morgan fingerprint density at radius 1 is 1.04 bits per heavy atom. The standard InChI is InChI=1S/C21H33N5O2/c1-17(20(27)24-18-9-5-3-2-4-6-10-18)23-21(28)26-15-13-25(14-16-26)19-11-7-8-12-22-19/h7-8,11-12,17-18H,2-6,9-10,13-16H2,1H3,(H,23,28)(H,24,27)/t17-/m1/s1. The molecule has 1 saturated carbocycles. The molecule has 0 unspecified atom stereocenters. The maximum absolute atomic E-state index is 12.5. The second-order valence-corrected chi connectivity index (χ2v) is 7.88. The summed E-state index contributed by atoms with van der Waals surface area (Å²) in [5.74, 6) is 0.862. The summed E-state index contributed by atoms with van der Waals surface area (Å²) in [6, 6.07) is 5.41. The van der Waals surface area contributed by atoms with Crippen LogP contribution < -0.4 is 15.5 Å². The van der Waals surface area contributed by atoms with E-state index in [2.05, 4.69) is 20.5 Å². The summed E-state index contributed by atoms with van der Waals surface area (Å²) in [6.07, 6.45) is 10.0. The lowest BCUT2D eigenvalue weighted by molar-refractivity contribution is -0.123. The summed E-state index contributed by atoms with van der Waals surface area (Å²) in [7, 11) is 0. The van der Waals surface area contributed by atoms with Gasteiger partial charge in [-0.3, -0.25) is 4.79 Å². The Morgan fingerprint density at radius 3 is 2.36 bits per heavy atom. The van der Waals surface area contributed by atoms with Gasteiger partial charge in [-0.05, 0) is 31.9 Å². The SMILES string of the molecule is C[C@@H](NC(=O)N1CCN(c2ccccn2)CC1)C(=O)NC1CCCCCCC1. The molecule has 1 aromatic heterocycles. The first kappa shape index (κ1) is 20.4. The van der Waals surface area contributed by atoms with Crippen molar-refractivity contribution in [3.63, 3.8) is 0 Å². The Labute approximate surface area is 167 Å². The first-order valence-electron chi connectivity index (χ1n) is 10.7. The second kappa shape index (κ2) is 10.3. The van der Waals surface area contributed by atoms with Crippen LogP contribution in [-0.4, -0.2) is 60.1 Å². The Hall–Kier alpha value is -2.31. The van der Waals surface area contributed by atoms with Crippen molar-refractivity contribution < 1.29 is 9.59 Å². The fourth-order valence-electron chi connectivity index (χ4n) is 3.95. The maximum atomic E-state index is 12.5. The number of amides is 3. The van der Waals surface area contributed by atoms with E-state index in [1.807, 2.05) is 18.2 Å². The molecule has 1 aliphatic carbocycles. The van der Waals surface area contributed by atoms with Gasteiger partial charge in [-0.2, -0.15) is 0 Å². The summed E-state index contributed by atoms with van der Waals surface area (Å²) in [5.41, 5.74) is 0. The average molecular weight is 388 g/mol. The van der Waals surface area contributed by atoms with E-state index in [0.29, 0.717) is 13.1 Å². The molecule has 1 saturated heterocycles. The lowest BCUT2D eigenvalue weighted by Gasteiger charge is -2.35. The number of aromatic nitrogens is 1. The normalized spacial score (nSPS) is 20.0. The van der Waals surface area contributed by atoms with E-state index in [-0.39, 0.29) is 18.0 Å². The van der Waals surface area contributed by atoms with Crippen LogP contribution >= 0.6 is 0 Å². The largest absolute Gasteiger partial charge is 0.353 e. The molecule has 7 heteroatoms. The molecule has 2 heterocycles. The van der Waals surface area contributed by atoms with Crippen molar-refractivity contribution in [2.75, 3.05) is 31.1 Å². The van der Waals surface area contributed by atoms with Gasteiger partial charge in [0.05, 0.1) is 0 Å². The number of hydrogen-bond donors (Lipinski definition) is 2. The number of nitrogens with one attached hydrogen (secondary N) is 2. The zero-order valence-corrected chi connectivity index (χ0v) is 16.9. The lowest BCUT2D eigenvalue weighted by Crippen LogP contribution is -2.56. The molecule has 1 atom stereocenters. The molecule has 3 rings (SSSR count). The van der Waals surface area contributed by atoms with Crippen LogP contribution in [-0.2, 0) is 4.79 Å². The number of hydrogen-bond acceptors (Lipinski definition) is 4. The number of piperazine rings is 1. The van der Waals surface area contributed by atoms with Crippen LogP contribution in [0.25, 0.3) is 0 Å². The molecule has 28 heavy (non-hydrogen) atoms. The van der Waals surface area contributed by atoms with E-state index in [1.165, 1.54) is 32.1 Å². The van der Waals surface area contributed by atoms with Gasteiger partial charge < -0.3 is 20.4 Å². The predicted octanol–water partition coefficient (Wildman–Crippen LogP) is 2.53. The molecular weight excluding hydrogens is 354 g/mol. The maximum Gasteiger partial charge on any atom is 0.318 e. The van der Waals surface area contributed by atoms with E-state index in [4.69, 9.17) is 0 Å². The van der Waals surface area contributed by atoms with Crippen molar-refractivity contribution >= 4 is 17.8 Å². The summed E-state index contributed by atoms with van der Waals surface area (Å²) in [4.78, 5) is 33.4. The van der Waals surface area contributed by atoms with Crippen LogP contribution in [0, 0.1) is 0 Å². The van der Waals surface area contributed by atoms with Crippen molar-refractivity contribution in [3.8, 4) is 0 Å². The van der Waals surface area contributed by atoms with Gasteiger partial charge in [0.25, 0.3) is 0 Å². The van der Waals surface area contributed by atoms with Gasteiger partial charge in [-0.25, -0.2) is 9.78 Å². The Kier molecular flexibility index (Phi) is 7.51. The number of anilines is 1. The summed E-state index contributed by atoms with van der Waals surface area (Å²) in [6.45, 7) is 4.50. The number of rotatable bonds is 4. The van der Waals surface area contributed by atoms with E-state index in [9.17, 15) is 9.59 Å². The van der Waals surface area contributed by atoms with E-state index < -0.39 is 6.04 Å². The number of nitrogens with zero attached hydrogens (tertiary/aromatic N) is 3. The first-order valence-corrected chi connectivity index (χ1v) is 10.7. The first-order chi connectivity index (χ1) is 13.6. The van der Waals surface area contributed by atoms with Crippen LogP contribution in [0.5, 0.6) is 0 Å². The molecule has 2 fully saturated rings. The quantitative estimate of drug-likeness (QED) is 0.832. The number of carbonyl (C=O) groups excluding carboxylic acids is 2. The number of urea groups is 1. The van der Waals surface area contributed by atoms with E-state index in [1.54, 1.807) is 18.0 Å². The monoisotopic (exact) mass is 387 g/mol. The van der Waals surface area contributed by atoms with Crippen molar-refractivity contribution in [3.05, 3.63) is 24.4 Å². The Morgan fingerprint density at radius 2 is 1.71 bits per heavy atom. The Bertz CT molecular complexity index is 623. The van der Waals surface area contributed by atoms with Crippen LogP contribution in [0.3, 0.4) is 0 Å². The van der Waals surface area contributed by atoms with Crippen LogP contribution in [0.4, 0.5) is 10.6 Å². The molecule has 1 aromatic rings. The highest BCUT2D eigenvalue weighted by molar-refractivity contribution is 5.86. The van der Waals surface area contributed by atoms with Crippen LogP contribution in [0.1, 0.15) is 51.9 Å². The molecule has 2 N–H and O–H groups in total. The predicted molar refractivity (Wildman–Crippen MR) is 110 cm³/mol. The molecule has 7 nitrogen and oxygen atoms in total. The summed E-state index contributed by atoms with van der Waals surface area (Å²) >= 11 is 0. The third-order valence-corrected chi connectivity index (χ3v) is 5.72. The number of carbonyl (C=O) groups is 2. The molecule has 154 valence electrons. The van der Waals surface area contributed by atoms with Crippen LogP contribution in [0.2, 0.25) is 0 Å². The van der Waals surface area contributed by atoms with Crippen molar-refractivity contribution in [2.45, 2.75) is 64.0 Å². The highest BCUT2D eigenvalue weighted by Crippen LogP contribution is 2.17. The van der Waals surface area contributed by atoms with Gasteiger partial charge in [0.2, 0.25) is 5.91 Å². The van der Waals surface area contributed by atoms with Gasteiger partial charge in [0.15, 0.2) is 0 Å². The fourth-order valence-corrected chi connectivity index (χ4v) is 3.95. The topological polar surface area (TPSA) is 77.6 Å². The Balaban J connectivity index is 1.42. The van der Waals surface area contributed by atoms with Crippen molar-refractivity contribution in [1.82, 2.24) is 20.5 Å². The third-order valence-electron chi connectivity index (χ3n) is 5.72. The van der Waals surface area contributed by atoms with Gasteiger partial charge in [-0.1, -0.05) is 38.2 Å². The van der Waals surface area contributed by atoms with E-state index >= 15 is 0 Å². The smallest absolute Gasteiger partial charge is 0.318 e. The van der Waals surface area contributed by atoms with E-state index in [0.717, 1.165) is 31.7 Å². The minimum atomic E-state index is -0.522.